The molecule has 0 saturated carbocycles. The van der Waals surface area contributed by atoms with Crippen molar-refractivity contribution < 1.29 is 9.47 Å². The predicted molar refractivity (Wildman–Crippen MR) is 48.3 cm³/mol. The van der Waals surface area contributed by atoms with Gasteiger partial charge in [-0.1, -0.05) is 13.8 Å². The molecule has 4 heteroatoms. The zero-order valence-corrected chi connectivity index (χ0v) is 8.15. The molecular weight excluding hydrogens is 168 g/mol. The smallest absolute Gasteiger partial charge is 0.281 e. The van der Waals surface area contributed by atoms with Crippen LogP contribution in [0, 0.1) is 11.1 Å². The Hall–Kier alpha value is -1.32. The molecule has 72 valence electrons. The molecule has 0 aliphatic heterocycles. The van der Waals surface area contributed by atoms with E-state index in [0.717, 1.165) is 16.8 Å². The van der Waals surface area contributed by atoms with Gasteiger partial charge in [-0.15, -0.1) is 0 Å². The maximum Gasteiger partial charge on any atom is 0.281 e. The first-order chi connectivity index (χ1) is 6.11. The molecule has 0 aromatic carbocycles. The Morgan fingerprint density at radius 1 is 1.54 bits per heavy atom. The summed E-state index contributed by atoms with van der Waals surface area (Å²) in [5.41, 5.74) is 0.768. The average molecular weight is 182 g/mol. The highest BCUT2D eigenvalue weighted by Crippen LogP contribution is 2.07. The highest BCUT2D eigenvalue weighted by atomic mass is 16.5. The largest absolute Gasteiger partial charge is 0.619 e. The van der Waals surface area contributed by atoms with Crippen LogP contribution in [0.3, 0.4) is 0 Å². The van der Waals surface area contributed by atoms with Gasteiger partial charge in [-0.25, -0.2) is 4.98 Å². The molecule has 1 aromatic heterocycles. The maximum atomic E-state index is 11.0. The molecule has 0 aliphatic carbocycles. The molecule has 0 spiro atoms. The fourth-order valence-corrected chi connectivity index (χ4v) is 1.11. The van der Waals surface area contributed by atoms with Gasteiger partial charge in [-0.3, -0.25) is 0 Å². The summed E-state index contributed by atoms with van der Waals surface area (Å²) in [4.78, 5) is 4.15. The predicted octanol–water partition coefficient (Wildman–Crippen LogP) is 0.922. The lowest BCUT2D eigenvalue weighted by atomic mass is 10.1. The van der Waals surface area contributed by atoms with Crippen LogP contribution in [0.2, 0.25) is 0 Å². The molecule has 0 N–H and O–H groups in total. The topological polar surface area (TPSA) is 49.1 Å². The second kappa shape index (κ2) is 4.07. The van der Waals surface area contributed by atoms with Crippen molar-refractivity contribution >= 4 is 0 Å². The fraction of sp³-hybridized carbons (Fsp3) is 0.556. The van der Waals surface area contributed by atoms with Gasteiger partial charge < -0.3 is 9.94 Å². The van der Waals surface area contributed by atoms with Gasteiger partial charge in [0.2, 0.25) is 12.4 Å². The SMILES string of the molecule is COc1c[n+]([O-])cc(CC(C)C)n1. The molecule has 0 aliphatic rings. The van der Waals surface area contributed by atoms with E-state index in [-0.39, 0.29) is 0 Å². The van der Waals surface area contributed by atoms with Gasteiger partial charge in [0.05, 0.1) is 7.11 Å². The molecule has 1 heterocycles. The zero-order chi connectivity index (χ0) is 9.84. The van der Waals surface area contributed by atoms with E-state index in [2.05, 4.69) is 18.8 Å². The summed E-state index contributed by atoms with van der Waals surface area (Å²) in [6.45, 7) is 4.16. The number of hydrogen-bond donors (Lipinski definition) is 0. The Balaban J connectivity index is 2.88. The van der Waals surface area contributed by atoms with Crippen LogP contribution in [0.5, 0.6) is 5.88 Å². The minimum absolute atomic E-state index is 0.369. The molecule has 0 radical (unpaired) electrons. The first-order valence-electron chi connectivity index (χ1n) is 4.25. The number of aromatic nitrogens is 2. The molecular formula is C9H14N2O2. The van der Waals surface area contributed by atoms with Crippen LogP contribution in [0.25, 0.3) is 0 Å². The van der Waals surface area contributed by atoms with Crippen LogP contribution < -0.4 is 9.47 Å². The quantitative estimate of drug-likeness (QED) is 0.516. The molecule has 4 nitrogen and oxygen atoms in total. The monoisotopic (exact) mass is 182 g/mol. The van der Waals surface area contributed by atoms with E-state index in [1.807, 2.05) is 0 Å². The van der Waals surface area contributed by atoms with E-state index in [1.54, 1.807) is 0 Å². The molecule has 0 saturated heterocycles. The van der Waals surface area contributed by atoms with E-state index >= 15 is 0 Å². The third-order valence-corrected chi connectivity index (χ3v) is 1.59. The second-order valence-corrected chi connectivity index (χ2v) is 3.36. The van der Waals surface area contributed by atoms with Crippen molar-refractivity contribution in [2.45, 2.75) is 20.3 Å². The molecule has 1 aromatic rings. The Kier molecular flexibility index (Phi) is 3.06. The summed E-state index contributed by atoms with van der Waals surface area (Å²) < 4.78 is 5.61. The lowest BCUT2D eigenvalue weighted by molar-refractivity contribution is -0.606. The Labute approximate surface area is 77.8 Å². The average Bonchev–Trinajstić information content (AvgIpc) is 2.01. The van der Waals surface area contributed by atoms with E-state index in [9.17, 15) is 5.21 Å². The molecule has 0 bridgehead atoms. The van der Waals surface area contributed by atoms with E-state index < -0.39 is 0 Å². The summed E-state index contributed by atoms with van der Waals surface area (Å²) in [5, 5.41) is 11.0. The van der Waals surface area contributed by atoms with Crippen molar-refractivity contribution in [3.05, 3.63) is 23.3 Å². The number of ether oxygens (including phenoxy) is 1. The molecule has 0 fully saturated rings. The third-order valence-electron chi connectivity index (χ3n) is 1.59. The Bertz CT molecular complexity index is 287. The molecule has 0 unspecified atom stereocenters. The van der Waals surface area contributed by atoms with Crippen molar-refractivity contribution in [2.75, 3.05) is 7.11 Å². The van der Waals surface area contributed by atoms with E-state index in [1.165, 1.54) is 19.5 Å². The van der Waals surface area contributed by atoms with Crippen LogP contribution in [0.1, 0.15) is 19.5 Å². The van der Waals surface area contributed by atoms with Crippen LogP contribution in [0.15, 0.2) is 12.4 Å². The van der Waals surface area contributed by atoms with Crippen molar-refractivity contribution in [1.29, 1.82) is 0 Å². The highest BCUT2D eigenvalue weighted by molar-refractivity contribution is 5.04. The van der Waals surface area contributed by atoms with E-state index in [0.29, 0.717) is 11.8 Å². The van der Waals surface area contributed by atoms with Crippen LogP contribution in [-0.4, -0.2) is 12.1 Å². The normalized spacial score (nSPS) is 10.5. The highest BCUT2D eigenvalue weighted by Gasteiger charge is 2.06. The summed E-state index contributed by atoms with van der Waals surface area (Å²) in [6, 6.07) is 0. The first-order valence-corrected chi connectivity index (χ1v) is 4.25. The molecule has 1 rings (SSSR count). The van der Waals surface area contributed by atoms with Gasteiger partial charge in [0.25, 0.3) is 5.88 Å². The third kappa shape index (κ3) is 2.89. The zero-order valence-electron chi connectivity index (χ0n) is 8.15. The maximum absolute atomic E-state index is 11.0. The Morgan fingerprint density at radius 3 is 2.77 bits per heavy atom. The molecule has 0 amide bonds. The summed E-state index contributed by atoms with van der Waals surface area (Å²) in [7, 11) is 1.50. The Morgan fingerprint density at radius 2 is 2.23 bits per heavy atom. The van der Waals surface area contributed by atoms with Gasteiger partial charge in [0, 0.05) is 0 Å². The van der Waals surface area contributed by atoms with Crippen LogP contribution in [0.4, 0.5) is 0 Å². The summed E-state index contributed by atoms with van der Waals surface area (Å²) >= 11 is 0. The van der Waals surface area contributed by atoms with Gasteiger partial charge in [-0.2, -0.15) is 4.73 Å². The van der Waals surface area contributed by atoms with Crippen molar-refractivity contribution in [2.24, 2.45) is 5.92 Å². The summed E-state index contributed by atoms with van der Waals surface area (Å²) in [6.07, 6.45) is 3.58. The summed E-state index contributed by atoms with van der Waals surface area (Å²) in [5.74, 6) is 0.854. The van der Waals surface area contributed by atoms with Crippen molar-refractivity contribution in [3.8, 4) is 5.88 Å². The minimum atomic E-state index is 0.369. The van der Waals surface area contributed by atoms with Crippen molar-refractivity contribution in [3.63, 3.8) is 0 Å². The molecule has 13 heavy (non-hydrogen) atoms. The lowest BCUT2D eigenvalue weighted by Crippen LogP contribution is -2.27. The van der Waals surface area contributed by atoms with Gasteiger partial charge in [0.15, 0.2) is 0 Å². The lowest BCUT2D eigenvalue weighted by Gasteiger charge is -2.05. The number of rotatable bonds is 3. The van der Waals surface area contributed by atoms with Crippen LogP contribution >= 0.6 is 0 Å². The molecule has 0 atom stereocenters. The fourth-order valence-electron chi connectivity index (χ4n) is 1.11. The van der Waals surface area contributed by atoms with Gasteiger partial charge in [-0.05, 0) is 12.3 Å². The van der Waals surface area contributed by atoms with E-state index in [4.69, 9.17) is 4.74 Å². The minimum Gasteiger partial charge on any atom is -0.619 e. The standard InChI is InChI=1S/C9H14N2O2/c1-7(2)4-8-5-11(12)6-9(10-8)13-3/h5-7H,4H2,1-3H3. The van der Waals surface area contributed by atoms with Crippen molar-refractivity contribution in [1.82, 2.24) is 4.98 Å². The van der Waals surface area contributed by atoms with Gasteiger partial charge in [0.1, 0.15) is 5.69 Å². The number of hydrogen-bond acceptors (Lipinski definition) is 3. The first kappa shape index (κ1) is 9.77. The number of nitrogens with zero attached hydrogens (tertiary/aromatic N) is 2. The number of methoxy groups -OCH3 is 1. The van der Waals surface area contributed by atoms with Gasteiger partial charge >= 0.3 is 0 Å². The second-order valence-electron chi connectivity index (χ2n) is 3.36. The van der Waals surface area contributed by atoms with Crippen LogP contribution in [-0.2, 0) is 6.42 Å².